The second-order valence-electron chi connectivity index (χ2n) is 4.70. The number of carbonyl (C=O) groups excluding carboxylic acids is 1. The normalized spacial score (nSPS) is 21.6. The van der Waals surface area contributed by atoms with Gasteiger partial charge in [0, 0.05) is 28.8 Å². The van der Waals surface area contributed by atoms with Crippen LogP contribution < -0.4 is 0 Å². The van der Waals surface area contributed by atoms with Crippen LogP contribution in [-0.4, -0.2) is 43.0 Å². The molecule has 0 aromatic heterocycles. The van der Waals surface area contributed by atoms with E-state index >= 15 is 0 Å². The van der Waals surface area contributed by atoms with Gasteiger partial charge in [0.1, 0.15) is 0 Å². The molecular weight excluding hydrogens is 341 g/mol. The fourth-order valence-electron chi connectivity index (χ4n) is 2.15. The zero-order chi connectivity index (χ0) is 13.0. The summed E-state index contributed by atoms with van der Waals surface area (Å²) in [6.07, 6.45) is 1.22. The monoisotopic (exact) mass is 359 g/mol. The lowest BCUT2D eigenvalue weighted by Gasteiger charge is -2.20. The highest BCUT2D eigenvalue weighted by atomic mass is 127. The van der Waals surface area contributed by atoms with Crippen molar-refractivity contribution >= 4 is 28.4 Å². The summed E-state index contributed by atoms with van der Waals surface area (Å²) < 4.78 is 6.74. The van der Waals surface area contributed by atoms with Gasteiger partial charge in [-0.1, -0.05) is 12.1 Å². The average molecular weight is 359 g/mol. The van der Waals surface area contributed by atoms with Crippen molar-refractivity contribution < 1.29 is 9.53 Å². The maximum atomic E-state index is 12.2. The average Bonchev–Trinajstić information content (AvgIpc) is 2.54. The van der Waals surface area contributed by atoms with Crippen molar-refractivity contribution in [2.75, 3.05) is 26.2 Å². The van der Waals surface area contributed by atoms with E-state index < -0.39 is 0 Å². The number of ether oxygens (including phenoxy) is 1. The van der Waals surface area contributed by atoms with Gasteiger partial charge in [-0.15, -0.1) is 0 Å². The van der Waals surface area contributed by atoms with Crippen molar-refractivity contribution in [2.45, 2.75) is 19.4 Å². The highest BCUT2D eigenvalue weighted by Crippen LogP contribution is 2.10. The summed E-state index contributed by atoms with van der Waals surface area (Å²) in [4.78, 5) is 14.4. The van der Waals surface area contributed by atoms with E-state index in [0.29, 0.717) is 6.54 Å². The third-order valence-electron chi connectivity index (χ3n) is 3.07. The zero-order valence-electron chi connectivity index (χ0n) is 10.6. The van der Waals surface area contributed by atoms with Crippen LogP contribution in [0.5, 0.6) is 0 Å². The molecule has 0 saturated carbocycles. The molecule has 1 aromatic carbocycles. The summed E-state index contributed by atoms with van der Waals surface area (Å²) in [5.41, 5.74) is 0.799. The third kappa shape index (κ3) is 4.03. The summed E-state index contributed by atoms with van der Waals surface area (Å²) in [6, 6.07) is 7.76. The zero-order valence-corrected chi connectivity index (χ0v) is 12.7. The molecule has 1 heterocycles. The topological polar surface area (TPSA) is 29.5 Å². The first-order valence-electron chi connectivity index (χ1n) is 6.28. The molecule has 1 atom stereocenters. The number of ketones is 1. The van der Waals surface area contributed by atoms with Crippen molar-refractivity contribution in [3.05, 3.63) is 33.4 Å². The van der Waals surface area contributed by atoms with Gasteiger partial charge in [0.2, 0.25) is 0 Å². The molecule has 98 valence electrons. The van der Waals surface area contributed by atoms with E-state index in [2.05, 4.69) is 34.4 Å². The summed E-state index contributed by atoms with van der Waals surface area (Å²) in [5.74, 6) is 0.195. The van der Waals surface area contributed by atoms with Crippen LogP contribution in [0.15, 0.2) is 24.3 Å². The molecule has 1 aromatic rings. The van der Waals surface area contributed by atoms with Crippen LogP contribution in [0.3, 0.4) is 0 Å². The number of hydrogen-bond acceptors (Lipinski definition) is 3. The van der Waals surface area contributed by atoms with E-state index in [1.807, 2.05) is 24.3 Å². The van der Waals surface area contributed by atoms with Crippen molar-refractivity contribution in [1.29, 1.82) is 0 Å². The number of hydrogen-bond donors (Lipinski definition) is 0. The van der Waals surface area contributed by atoms with E-state index in [-0.39, 0.29) is 11.9 Å². The number of benzene rings is 1. The minimum Gasteiger partial charge on any atom is -0.377 e. The second-order valence-corrected chi connectivity index (χ2v) is 5.95. The molecule has 4 heteroatoms. The van der Waals surface area contributed by atoms with Crippen molar-refractivity contribution in [2.24, 2.45) is 0 Å². The lowest BCUT2D eigenvalue weighted by atomic mass is 10.1. The predicted octanol–water partition coefficient (Wildman–Crippen LogP) is 2.58. The van der Waals surface area contributed by atoms with Crippen LogP contribution in [0.1, 0.15) is 23.7 Å². The number of nitrogens with zero attached hydrogens (tertiary/aromatic N) is 1. The summed E-state index contributed by atoms with van der Waals surface area (Å²) >= 11 is 2.24. The van der Waals surface area contributed by atoms with Crippen LogP contribution in [0.4, 0.5) is 0 Å². The molecule has 1 saturated heterocycles. The smallest absolute Gasteiger partial charge is 0.176 e. The van der Waals surface area contributed by atoms with Crippen LogP contribution in [0.2, 0.25) is 0 Å². The number of rotatable bonds is 3. The molecule has 0 spiro atoms. The Morgan fingerprint density at radius 3 is 2.89 bits per heavy atom. The second kappa shape index (κ2) is 6.63. The Morgan fingerprint density at radius 2 is 2.17 bits per heavy atom. The summed E-state index contributed by atoms with van der Waals surface area (Å²) in [5, 5.41) is 0. The Bertz CT molecular complexity index is 405. The largest absolute Gasteiger partial charge is 0.377 e. The molecular formula is C14H18INO2. The first-order valence-corrected chi connectivity index (χ1v) is 7.36. The van der Waals surface area contributed by atoms with Gasteiger partial charge in [-0.05, 0) is 48.1 Å². The predicted molar refractivity (Wildman–Crippen MR) is 80.0 cm³/mol. The van der Waals surface area contributed by atoms with Crippen LogP contribution in [-0.2, 0) is 4.74 Å². The van der Waals surface area contributed by atoms with Crippen LogP contribution in [0, 0.1) is 3.57 Å². The van der Waals surface area contributed by atoms with Crippen molar-refractivity contribution in [3.63, 3.8) is 0 Å². The lowest BCUT2D eigenvalue weighted by Crippen LogP contribution is -2.34. The van der Waals surface area contributed by atoms with Crippen molar-refractivity contribution in [1.82, 2.24) is 4.90 Å². The van der Waals surface area contributed by atoms with E-state index in [1.54, 1.807) is 0 Å². The Morgan fingerprint density at radius 1 is 1.44 bits per heavy atom. The summed E-state index contributed by atoms with van der Waals surface area (Å²) in [6.45, 7) is 5.15. The number of halogens is 1. The van der Waals surface area contributed by atoms with Gasteiger partial charge in [0.15, 0.2) is 5.78 Å². The molecule has 2 rings (SSSR count). The molecule has 1 aliphatic heterocycles. The molecule has 0 bridgehead atoms. The SMILES string of the molecule is CC1CN(CC(=O)c2ccc(I)cc2)CCCO1. The van der Waals surface area contributed by atoms with Gasteiger partial charge in [0.05, 0.1) is 12.6 Å². The molecule has 1 fully saturated rings. The van der Waals surface area contributed by atoms with Gasteiger partial charge in [-0.25, -0.2) is 0 Å². The lowest BCUT2D eigenvalue weighted by molar-refractivity contribution is 0.0657. The Balaban J connectivity index is 1.95. The Labute approximate surface area is 122 Å². The minimum atomic E-state index is 0.195. The van der Waals surface area contributed by atoms with E-state index in [4.69, 9.17) is 4.74 Å². The molecule has 1 aliphatic rings. The molecule has 0 amide bonds. The fraction of sp³-hybridized carbons (Fsp3) is 0.500. The maximum absolute atomic E-state index is 12.2. The number of Topliss-reactive ketones (excluding diaryl/α,β-unsaturated/α-hetero) is 1. The minimum absolute atomic E-state index is 0.195. The molecule has 18 heavy (non-hydrogen) atoms. The van der Waals surface area contributed by atoms with E-state index in [1.165, 1.54) is 0 Å². The van der Waals surface area contributed by atoms with E-state index in [9.17, 15) is 4.79 Å². The van der Waals surface area contributed by atoms with Gasteiger partial charge in [-0.3, -0.25) is 9.69 Å². The highest BCUT2D eigenvalue weighted by Gasteiger charge is 2.18. The maximum Gasteiger partial charge on any atom is 0.176 e. The quantitative estimate of drug-likeness (QED) is 0.614. The van der Waals surface area contributed by atoms with Gasteiger partial charge < -0.3 is 4.74 Å². The van der Waals surface area contributed by atoms with Gasteiger partial charge in [0.25, 0.3) is 0 Å². The number of carbonyl (C=O) groups is 1. The summed E-state index contributed by atoms with van der Waals surface area (Å²) in [7, 11) is 0. The first kappa shape index (κ1) is 14.0. The molecule has 3 nitrogen and oxygen atoms in total. The van der Waals surface area contributed by atoms with Crippen LogP contribution >= 0.6 is 22.6 Å². The molecule has 0 aliphatic carbocycles. The fourth-order valence-corrected chi connectivity index (χ4v) is 2.51. The van der Waals surface area contributed by atoms with E-state index in [0.717, 1.165) is 35.3 Å². The van der Waals surface area contributed by atoms with Gasteiger partial charge >= 0.3 is 0 Å². The van der Waals surface area contributed by atoms with Crippen molar-refractivity contribution in [3.8, 4) is 0 Å². The molecule has 0 N–H and O–H groups in total. The van der Waals surface area contributed by atoms with Gasteiger partial charge in [-0.2, -0.15) is 0 Å². The third-order valence-corrected chi connectivity index (χ3v) is 3.79. The Hall–Kier alpha value is -0.460. The highest BCUT2D eigenvalue weighted by molar-refractivity contribution is 14.1. The van der Waals surface area contributed by atoms with Crippen LogP contribution in [0.25, 0.3) is 0 Å². The molecule has 0 radical (unpaired) electrons. The first-order chi connectivity index (χ1) is 8.65. The standard InChI is InChI=1S/C14H18INO2/c1-11-9-16(7-2-8-18-11)10-14(17)12-3-5-13(15)6-4-12/h3-6,11H,2,7-10H2,1H3. The molecule has 1 unspecified atom stereocenters. The Kier molecular flexibility index (Phi) is 5.14.